The summed E-state index contributed by atoms with van der Waals surface area (Å²) in [4.78, 5) is 0. The molecule has 0 heteroatoms. The first-order valence-electron chi connectivity index (χ1n) is 4.33. The molecule has 0 rings (SSSR count). The summed E-state index contributed by atoms with van der Waals surface area (Å²) in [6, 6.07) is 0. The Morgan fingerprint density at radius 3 is 2.40 bits per heavy atom. The molecule has 0 fully saturated rings. The monoisotopic (exact) mass is 140 g/mol. The number of hydrogen-bond acceptors (Lipinski definition) is 0. The molecule has 0 saturated heterocycles. The van der Waals surface area contributed by atoms with E-state index in [-0.39, 0.29) is 0 Å². The van der Waals surface area contributed by atoms with Gasteiger partial charge in [-0.1, -0.05) is 45.3 Å². The van der Waals surface area contributed by atoms with Crippen molar-refractivity contribution in [2.75, 3.05) is 0 Å². The van der Waals surface area contributed by atoms with Gasteiger partial charge in [-0.15, -0.1) is 0 Å². The summed E-state index contributed by atoms with van der Waals surface area (Å²) in [5, 5.41) is 0. The molecule has 0 aliphatic rings. The summed E-state index contributed by atoms with van der Waals surface area (Å²) in [5.41, 5.74) is 1.33. The van der Waals surface area contributed by atoms with Crippen LogP contribution >= 0.6 is 0 Å². The van der Waals surface area contributed by atoms with Crippen LogP contribution in [0.2, 0.25) is 0 Å². The summed E-state index contributed by atoms with van der Waals surface area (Å²) >= 11 is 0. The maximum Gasteiger partial charge on any atom is -0.0237 e. The van der Waals surface area contributed by atoms with Crippen LogP contribution in [0.1, 0.15) is 46.5 Å². The van der Waals surface area contributed by atoms with Crippen molar-refractivity contribution in [3.63, 3.8) is 0 Å². The van der Waals surface area contributed by atoms with Gasteiger partial charge in [0.1, 0.15) is 0 Å². The predicted octanol–water partition coefficient (Wildman–Crippen LogP) is 3.78. The van der Waals surface area contributed by atoms with Crippen molar-refractivity contribution in [1.82, 2.24) is 0 Å². The van der Waals surface area contributed by atoms with E-state index < -0.39 is 0 Å². The van der Waals surface area contributed by atoms with Gasteiger partial charge in [-0.25, -0.2) is 0 Å². The van der Waals surface area contributed by atoms with Gasteiger partial charge in [0.25, 0.3) is 0 Å². The van der Waals surface area contributed by atoms with Gasteiger partial charge in [0.15, 0.2) is 0 Å². The van der Waals surface area contributed by atoms with E-state index in [0.717, 1.165) is 5.92 Å². The fraction of sp³-hybridized carbons (Fsp3) is 0.800. The predicted molar refractivity (Wildman–Crippen MR) is 48.1 cm³/mol. The van der Waals surface area contributed by atoms with Crippen molar-refractivity contribution in [3.05, 3.63) is 12.2 Å². The molecule has 0 unspecified atom stereocenters. The average Bonchev–Trinajstić information content (AvgIpc) is 1.88. The standard InChI is InChI=1S/C10H20/c1-5-6-7-8-10(4)9(2)3/h10H,2,5-8H2,1,3-4H3/t10-/m0/s1. The lowest BCUT2D eigenvalue weighted by molar-refractivity contribution is 0.555. The van der Waals surface area contributed by atoms with E-state index in [4.69, 9.17) is 0 Å². The number of allylic oxidation sites excluding steroid dienone is 1. The summed E-state index contributed by atoms with van der Waals surface area (Å²) in [7, 11) is 0. The second kappa shape index (κ2) is 5.52. The molecule has 10 heavy (non-hydrogen) atoms. The van der Waals surface area contributed by atoms with Crippen LogP contribution in [-0.2, 0) is 0 Å². The highest BCUT2D eigenvalue weighted by Crippen LogP contribution is 2.15. The molecule has 1 atom stereocenters. The molecule has 0 aromatic rings. The first-order valence-corrected chi connectivity index (χ1v) is 4.33. The van der Waals surface area contributed by atoms with Crippen LogP contribution in [-0.4, -0.2) is 0 Å². The van der Waals surface area contributed by atoms with Gasteiger partial charge in [0.05, 0.1) is 0 Å². The molecular weight excluding hydrogens is 120 g/mol. The first-order chi connectivity index (χ1) is 4.68. The van der Waals surface area contributed by atoms with E-state index in [2.05, 4.69) is 27.4 Å². The summed E-state index contributed by atoms with van der Waals surface area (Å²) in [5.74, 6) is 0.728. The minimum Gasteiger partial charge on any atom is -0.0999 e. The molecule has 0 bridgehead atoms. The Morgan fingerprint density at radius 1 is 1.40 bits per heavy atom. The van der Waals surface area contributed by atoms with E-state index >= 15 is 0 Å². The Morgan fingerprint density at radius 2 is 2.00 bits per heavy atom. The molecular formula is C10H20. The molecule has 0 aliphatic heterocycles. The third-order valence-electron chi connectivity index (χ3n) is 2.08. The highest BCUT2D eigenvalue weighted by Gasteiger charge is 2.00. The topological polar surface area (TPSA) is 0 Å². The van der Waals surface area contributed by atoms with Crippen LogP contribution in [0.5, 0.6) is 0 Å². The largest absolute Gasteiger partial charge is 0.0999 e. The zero-order chi connectivity index (χ0) is 7.98. The van der Waals surface area contributed by atoms with E-state index in [1.54, 1.807) is 0 Å². The average molecular weight is 140 g/mol. The van der Waals surface area contributed by atoms with Gasteiger partial charge in [0, 0.05) is 0 Å². The Kier molecular flexibility index (Phi) is 5.38. The summed E-state index contributed by atoms with van der Waals surface area (Å²) in [6.45, 7) is 10.6. The fourth-order valence-electron chi connectivity index (χ4n) is 0.947. The van der Waals surface area contributed by atoms with E-state index in [9.17, 15) is 0 Å². The molecule has 60 valence electrons. The van der Waals surface area contributed by atoms with Gasteiger partial charge in [-0.05, 0) is 19.3 Å². The number of hydrogen-bond donors (Lipinski definition) is 0. The van der Waals surface area contributed by atoms with Crippen LogP contribution in [0.25, 0.3) is 0 Å². The third-order valence-corrected chi connectivity index (χ3v) is 2.08. The quantitative estimate of drug-likeness (QED) is 0.402. The lowest BCUT2D eigenvalue weighted by atomic mass is 9.97. The fourth-order valence-corrected chi connectivity index (χ4v) is 0.947. The third kappa shape index (κ3) is 4.60. The Balaban J connectivity index is 3.21. The second-order valence-electron chi connectivity index (χ2n) is 3.24. The van der Waals surface area contributed by atoms with Gasteiger partial charge in [-0.2, -0.15) is 0 Å². The Bertz CT molecular complexity index is 92.2. The van der Waals surface area contributed by atoms with E-state index in [1.807, 2.05) is 0 Å². The maximum atomic E-state index is 3.93. The lowest BCUT2D eigenvalue weighted by Crippen LogP contribution is -1.94. The normalized spacial score (nSPS) is 13.1. The zero-order valence-electron chi connectivity index (χ0n) is 7.61. The van der Waals surface area contributed by atoms with Crippen LogP contribution in [0.15, 0.2) is 12.2 Å². The zero-order valence-corrected chi connectivity index (χ0v) is 7.61. The van der Waals surface area contributed by atoms with Crippen molar-refractivity contribution >= 4 is 0 Å². The first kappa shape index (κ1) is 9.74. The van der Waals surface area contributed by atoms with Crippen molar-refractivity contribution in [2.24, 2.45) is 5.92 Å². The van der Waals surface area contributed by atoms with Gasteiger partial charge in [-0.3, -0.25) is 0 Å². The van der Waals surface area contributed by atoms with Gasteiger partial charge >= 0.3 is 0 Å². The van der Waals surface area contributed by atoms with Gasteiger partial charge < -0.3 is 0 Å². The van der Waals surface area contributed by atoms with Crippen LogP contribution in [0.4, 0.5) is 0 Å². The second-order valence-corrected chi connectivity index (χ2v) is 3.24. The van der Waals surface area contributed by atoms with Crippen molar-refractivity contribution in [1.29, 1.82) is 0 Å². The molecule has 0 N–H and O–H groups in total. The molecule has 0 heterocycles. The Labute approximate surface area is 65.3 Å². The molecule has 0 aromatic heterocycles. The molecule has 0 nitrogen and oxygen atoms in total. The van der Waals surface area contributed by atoms with Crippen molar-refractivity contribution in [3.8, 4) is 0 Å². The van der Waals surface area contributed by atoms with Crippen LogP contribution in [0.3, 0.4) is 0 Å². The molecule has 0 aromatic carbocycles. The number of rotatable bonds is 5. The van der Waals surface area contributed by atoms with E-state index in [0.29, 0.717) is 0 Å². The van der Waals surface area contributed by atoms with Crippen LogP contribution < -0.4 is 0 Å². The summed E-state index contributed by atoms with van der Waals surface area (Å²) in [6.07, 6.45) is 5.38. The SMILES string of the molecule is C=C(C)[C@@H](C)CCCCC. The highest BCUT2D eigenvalue weighted by molar-refractivity contribution is 4.93. The Hall–Kier alpha value is -0.260. The van der Waals surface area contributed by atoms with Gasteiger partial charge in [0.2, 0.25) is 0 Å². The van der Waals surface area contributed by atoms with Crippen molar-refractivity contribution < 1.29 is 0 Å². The molecule has 0 spiro atoms. The highest BCUT2D eigenvalue weighted by atomic mass is 14.1. The maximum absolute atomic E-state index is 3.93. The molecule has 0 saturated carbocycles. The van der Waals surface area contributed by atoms with Crippen LogP contribution in [0, 0.1) is 5.92 Å². The minimum absolute atomic E-state index is 0.728. The molecule has 0 radical (unpaired) electrons. The van der Waals surface area contributed by atoms with E-state index in [1.165, 1.54) is 31.3 Å². The minimum atomic E-state index is 0.728. The lowest BCUT2D eigenvalue weighted by Gasteiger charge is -2.09. The van der Waals surface area contributed by atoms with Crippen molar-refractivity contribution in [2.45, 2.75) is 46.5 Å². The molecule has 0 aliphatic carbocycles. The smallest absolute Gasteiger partial charge is 0.0237 e. The molecule has 0 amide bonds. The summed E-state index contributed by atoms with van der Waals surface area (Å²) < 4.78 is 0. The number of unbranched alkanes of at least 4 members (excludes halogenated alkanes) is 2.